The Balaban J connectivity index is 1.79. The Hall–Kier alpha value is -3.35. The summed E-state index contributed by atoms with van der Waals surface area (Å²) in [7, 11) is 1.54. The Kier molecular flexibility index (Phi) is 5.93. The van der Waals surface area contributed by atoms with E-state index in [0.717, 1.165) is 5.56 Å². The van der Waals surface area contributed by atoms with Gasteiger partial charge in [-0.2, -0.15) is 0 Å². The number of ether oxygens (including phenoxy) is 1. The topological polar surface area (TPSA) is 69.0 Å². The van der Waals surface area contributed by atoms with Crippen LogP contribution in [0.5, 0.6) is 5.75 Å². The molecule has 0 aliphatic rings. The molecule has 8 heteroatoms. The summed E-state index contributed by atoms with van der Waals surface area (Å²) < 4.78 is 6.87. The molecule has 1 amide bonds. The van der Waals surface area contributed by atoms with E-state index in [1.807, 2.05) is 37.3 Å². The van der Waals surface area contributed by atoms with Gasteiger partial charge in [0.25, 0.3) is 5.91 Å². The van der Waals surface area contributed by atoms with E-state index in [2.05, 4.69) is 15.4 Å². The highest BCUT2D eigenvalue weighted by atomic mass is 35.5. The maximum Gasteiger partial charge on any atom is 0.295 e. The lowest BCUT2D eigenvalue weighted by molar-refractivity contribution is 0.101. The second kappa shape index (κ2) is 8.79. The van der Waals surface area contributed by atoms with Gasteiger partial charge in [-0.15, -0.1) is 5.10 Å². The number of aromatic nitrogens is 3. The van der Waals surface area contributed by atoms with Crippen LogP contribution in [-0.4, -0.2) is 27.8 Å². The highest BCUT2D eigenvalue weighted by Gasteiger charge is 2.20. The Morgan fingerprint density at radius 2 is 1.84 bits per heavy atom. The van der Waals surface area contributed by atoms with Crippen molar-refractivity contribution in [3.05, 3.63) is 88.2 Å². The maximum absolute atomic E-state index is 12.9. The number of carbonyl (C=O) groups is 1. The Morgan fingerprint density at radius 1 is 1.03 bits per heavy atom. The molecule has 1 N–H and O–H groups in total. The lowest BCUT2D eigenvalue weighted by Gasteiger charge is -2.08. The second-order valence-corrected chi connectivity index (χ2v) is 7.61. The lowest BCUT2D eigenvalue weighted by Crippen LogP contribution is -2.15. The normalized spacial score (nSPS) is 10.7. The highest BCUT2D eigenvalue weighted by Crippen LogP contribution is 2.27. The predicted octanol–water partition coefficient (Wildman–Crippen LogP) is 5.81. The number of halogens is 2. The molecule has 3 aromatic carbocycles. The third kappa shape index (κ3) is 4.40. The van der Waals surface area contributed by atoms with E-state index in [0.29, 0.717) is 38.6 Å². The quantitative estimate of drug-likeness (QED) is 0.414. The monoisotopic (exact) mass is 452 g/mol. The van der Waals surface area contributed by atoms with Crippen LogP contribution in [0.3, 0.4) is 0 Å². The number of amides is 1. The van der Waals surface area contributed by atoms with Gasteiger partial charge in [0.05, 0.1) is 18.5 Å². The third-order valence-electron chi connectivity index (χ3n) is 4.65. The summed E-state index contributed by atoms with van der Waals surface area (Å²) in [6.45, 7) is 1.91. The van der Waals surface area contributed by atoms with Gasteiger partial charge >= 0.3 is 0 Å². The summed E-state index contributed by atoms with van der Waals surface area (Å²) in [4.78, 5) is 17.4. The summed E-state index contributed by atoms with van der Waals surface area (Å²) in [5.41, 5.74) is 2.85. The molecule has 0 aliphatic heterocycles. The Bertz CT molecular complexity index is 1270. The van der Waals surface area contributed by atoms with Crippen LogP contribution in [0, 0.1) is 6.92 Å². The van der Waals surface area contributed by atoms with E-state index in [1.54, 1.807) is 41.1 Å². The third-order valence-corrected chi connectivity index (χ3v) is 5.29. The van der Waals surface area contributed by atoms with E-state index in [9.17, 15) is 4.79 Å². The Morgan fingerprint density at radius 3 is 2.58 bits per heavy atom. The molecule has 4 aromatic rings. The molecular formula is C23H18Cl2N4O2. The molecule has 1 heterocycles. The molecule has 4 rings (SSSR count). The van der Waals surface area contributed by atoms with Crippen molar-refractivity contribution < 1.29 is 9.53 Å². The first-order valence-corrected chi connectivity index (χ1v) is 10.2. The van der Waals surface area contributed by atoms with Gasteiger partial charge in [0.2, 0.25) is 5.82 Å². The van der Waals surface area contributed by atoms with Gasteiger partial charge in [0.1, 0.15) is 5.75 Å². The van der Waals surface area contributed by atoms with Crippen LogP contribution in [0.1, 0.15) is 16.2 Å². The first-order chi connectivity index (χ1) is 15.0. The van der Waals surface area contributed by atoms with E-state index < -0.39 is 5.91 Å². The average molecular weight is 453 g/mol. The van der Waals surface area contributed by atoms with Crippen LogP contribution in [0.2, 0.25) is 10.0 Å². The summed E-state index contributed by atoms with van der Waals surface area (Å²) in [6, 6.07) is 19.8. The fourth-order valence-electron chi connectivity index (χ4n) is 3.04. The fourth-order valence-corrected chi connectivity index (χ4v) is 3.41. The minimum atomic E-state index is -0.468. The van der Waals surface area contributed by atoms with Crippen LogP contribution in [0.25, 0.3) is 17.1 Å². The average Bonchev–Trinajstić information content (AvgIpc) is 3.22. The number of nitrogens with one attached hydrogen (secondary N) is 1. The zero-order chi connectivity index (χ0) is 22.0. The van der Waals surface area contributed by atoms with Gasteiger partial charge in [0, 0.05) is 15.6 Å². The van der Waals surface area contributed by atoms with Crippen molar-refractivity contribution >= 4 is 34.8 Å². The van der Waals surface area contributed by atoms with Crippen molar-refractivity contribution in [2.24, 2.45) is 0 Å². The molecule has 0 atom stereocenters. The van der Waals surface area contributed by atoms with E-state index in [1.165, 1.54) is 7.11 Å². The summed E-state index contributed by atoms with van der Waals surface area (Å²) >= 11 is 12.5. The van der Waals surface area contributed by atoms with Crippen LogP contribution < -0.4 is 10.1 Å². The van der Waals surface area contributed by atoms with Gasteiger partial charge in [-0.1, -0.05) is 53.5 Å². The standard InChI is InChI=1S/C23H18Cl2N4O2/c1-14-10-11-17(13-18(14)25)29-22(15-6-5-7-16(24)12-15)27-21(28-29)23(30)26-19-8-3-4-9-20(19)31-2/h3-13H,1-2H3,(H,26,30). The van der Waals surface area contributed by atoms with Gasteiger partial charge in [-0.3, -0.25) is 4.79 Å². The number of carbonyl (C=O) groups excluding carboxylic acids is 1. The minimum absolute atomic E-state index is 0.00224. The zero-order valence-corrected chi connectivity index (χ0v) is 18.3. The van der Waals surface area contributed by atoms with Gasteiger partial charge < -0.3 is 10.1 Å². The molecular weight excluding hydrogens is 435 g/mol. The molecule has 156 valence electrons. The van der Waals surface area contributed by atoms with Crippen molar-refractivity contribution in [1.82, 2.24) is 14.8 Å². The van der Waals surface area contributed by atoms with Crippen LogP contribution in [0.4, 0.5) is 5.69 Å². The Labute approximate surface area is 189 Å². The predicted molar refractivity (Wildman–Crippen MR) is 122 cm³/mol. The number of benzene rings is 3. The zero-order valence-electron chi connectivity index (χ0n) is 16.8. The first-order valence-electron chi connectivity index (χ1n) is 9.40. The molecule has 0 aliphatic carbocycles. The van der Waals surface area contributed by atoms with E-state index in [-0.39, 0.29) is 5.82 Å². The smallest absolute Gasteiger partial charge is 0.295 e. The van der Waals surface area contributed by atoms with E-state index >= 15 is 0 Å². The minimum Gasteiger partial charge on any atom is -0.495 e. The molecule has 0 bridgehead atoms. The number of aryl methyl sites for hydroxylation is 1. The molecule has 0 saturated carbocycles. The summed E-state index contributed by atoms with van der Waals surface area (Å²) in [6.07, 6.45) is 0. The van der Waals surface area contributed by atoms with Gasteiger partial charge in [-0.25, -0.2) is 9.67 Å². The maximum atomic E-state index is 12.9. The van der Waals surface area contributed by atoms with Crippen LogP contribution >= 0.6 is 23.2 Å². The van der Waals surface area contributed by atoms with Gasteiger partial charge in [0.15, 0.2) is 5.82 Å². The van der Waals surface area contributed by atoms with Crippen LogP contribution in [0.15, 0.2) is 66.7 Å². The number of para-hydroxylation sites is 2. The number of rotatable bonds is 5. The van der Waals surface area contributed by atoms with Crippen LogP contribution in [-0.2, 0) is 0 Å². The first kappa shape index (κ1) is 20.9. The summed E-state index contributed by atoms with van der Waals surface area (Å²) in [5, 5.41) is 8.40. The molecule has 0 fully saturated rings. The van der Waals surface area contributed by atoms with Crippen molar-refractivity contribution in [2.45, 2.75) is 6.92 Å². The molecule has 31 heavy (non-hydrogen) atoms. The molecule has 0 radical (unpaired) electrons. The van der Waals surface area contributed by atoms with Crippen molar-refractivity contribution in [3.63, 3.8) is 0 Å². The highest BCUT2D eigenvalue weighted by molar-refractivity contribution is 6.31. The number of methoxy groups -OCH3 is 1. The number of hydrogen-bond donors (Lipinski definition) is 1. The second-order valence-electron chi connectivity index (χ2n) is 6.77. The molecule has 0 saturated heterocycles. The van der Waals surface area contributed by atoms with Crippen molar-refractivity contribution in [2.75, 3.05) is 12.4 Å². The molecule has 1 aromatic heterocycles. The molecule has 0 spiro atoms. The van der Waals surface area contributed by atoms with E-state index in [4.69, 9.17) is 27.9 Å². The largest absolute Gasteiger partial charge is 0.495 e. The fraction of sp³-hybridized carbons (Fsp3) is 0.0870. The number of nitrogens with zero attached hydrogens (tertiary/aromatic N) is 3. The SMILES string of the molecule is COc1ccccc1NC(=O)c1nc(-c2cccc(Cl)c2)n(-c2ccc(C)c(Cl)c2)n1. The lowest BCUT2D eigenvalue weighted by atomic mass is 10.2. The number of anilines is 1. The number of hydrogen-bond acceptors (Lipinski definition) is 4. The molecule has 6 nitrogen and oxygen atoms in total. The summed E-state index contributed by atoms with van der Waals surface area (Å²) in [5.74, 6) is 0.533. The van der Waals surface area contributed by atoms with Gasteiger partial charge in [-0.05, 0) is 48.9 Å². The van der Waals surface area contributed by atoms with Crippen molar-refractivity contribution in [1.29, 1.82) is 0 Å². The molecule has 0 unspecified atom stereocenters. The van der Waals surface area contributed by atoms with Crippen molar-refractivity contribution in [3.8, 4) is 22.8 Å².